The number of hydrogen-bond acceptors (Lipinski definition) is 12. The van der Waals surface area contributed by atoms with Crippen molar-refractivity contribution >= 4 is 46.5 Å². The Morgan fingerprint density at radius 2 is 1.81 bits per heavy atom. The molecule has 0 aliphatic rings. The van der Waals surface area contributed by atoms with Crippen molar-refractivity contribution in [2.24, 2.45) is 0 Å². The Morgan fingerprint density at radius 3 is 2.43 bits per heavy atom. The van der Waals surface area contributed by atoms with Crippen LogP contribution in [0.5, 0.6) is 5.88 Å². The summed E-state index contributed by atoms with van der Waals surface area (Å²) in [6.45, 7) is 5.23. The molecule has 0 radical (unpaired) electrons. The molecule has 0 saturated heterocycles. The average Bonchev–Trinajstić information content (AvgIpc) is 2.84. The number of aromatic nitrogens is 4. The van der Waals surface area contributed by atoms with Crippen LogP contribution in [0, 0.1) is 0 Å². The number of nitrogen functional groups attached to an aromatic ring is 1. The van der Waals surface area contributed by atoms with Crippen molar-refractivity contribution in [3.63, 3.8) is 0 Å². The molecule has 4 N–H and O–H groups in total. The Hall–Kier alpha value is -4.55. The van der Waals surface area contributed by atoms with Gasteiger partial charge < -0.3 is 30.5 Å². The van der Waals surface area contributed by atoms with E-state index in [9.17, 15) is 19.5 Å². The number of ether oxygens (including phenoxy) is 2. The lowest BCUT2D eigenvalue weighted by atomic mass is 10.1. The smallest absolute Gasteiger partial charge is 0.328 e. The van der Waals surface area contributed by atoms with Gasteiger partial charge in [0.05, 0.1) is 13.3 Å². The van der Waals surface area contributed by atoms with Gasteiger partial charge in [0.15, 0.2) is 17.0 Å². The van der Waals surface area contributed by atoms with Gasteiger partial charge in [-0.1, -0.05) is 0 Å². The summed E-state index contributed by atoms with van der Waals surface area (Å²) in [7, 11) is 2.93. The Bertz CT molecular complexity index is 1310. The molecule has 3 aromatic rings. The molecule has 13 heteroatoms. The fraction of sp³-hybridized carbons (Fsp3) is 0.375. The largest absolute Gasteiger partial charge is 0.492 e. The van der Waals surface area contributed by atoms with Crippen LogP contribution in [-0.2, 0) is 19.1 Å². The first kappa shape index (κ1) is 27.0. The number of nitrogens with two attached hydrogens (primary N) is 1. The Labute approximate surface area is 213 Å². The van der Waals surface area contributed by atoms with Crippen molar-refractivity contribution in [2.75, 3.05) is 24.8 Å². The highest BCUT2D eigenvalue weighted by atomic mass is 16.6. The summed E-state index contributed by atoms with van der Waals surface area (Å²) in [5, 5.41) is 12.6. The molecule has 196 valence electrons. The second-order valence-corrected chi connectivity index (χ2v) is 9.09. The number of aromatic hydroxyl groups is 1. The molecule has 0 bridgehead atoms. The lowest BCUT2D eigenvalue weighted by Crippen LogP contribution is -2.42. The molecule has 0 aliphatic heterocycles. The van der Waals surface area contributed by atoms with E-state index >= 15 is 0 Å². The number of methoxy groups -OCH3 is 1. The molecule has 1 atom stereocenters. The highest BCUT2D eigenvalue weighted by Crippen LogP contribution is 2.25. The minimum Gasteiger partial charge on any atom is -0.492 e. The van der Waals surface area contributed by atoms with Gasteiger partial charge in [0.1, 0.15) is 11.6 Å². The molecular formula is C24H29N7O6. The predicted molar refractivity (Wildman–Crippen MR) is 134 cm³/mol. The molecular weight excluding hydrogens is 482 g/mol. The fourth-order valence-electron chi connectivity index (χ4n) is 3.32. The quantitative estimate of drug-likeness (QED) is 0.374. The standard InChI is InChI=1S/C24H29N7O6/c1-24(2,3)37-17(32)11-10-15(22(35)36-5)27-20(33)13-6-8-14(9-7-13)31(4)16-12-26-19-18(28-16)21(34)30-23(25)29-19/h6-9,12,15H,10-11H2,1-5H3,(H,27,33)(H3,25,26,29,30,34)/t15-/m0/s1. The first-order valence-electron chi connectivity index (χ1n) is 11.3. The molecule has 13 nitrogen and oxygen atoms in total. The van der Waals surface area contributed by atoms with Crippen LogP contribution in [0.15, 0.2) is 30.5 Å². The summed E-state index contributed by atoms with van der Waals surface area (Å²) in [6.07, 6.45) is 1.42. The number of carbonyl (C=O) groups is 3. The summed E-state index contributed by atoms with van der Waals surface area (Å²) in [5.41, 5.74) is 6.06. The van der Waals surface area contributed by atoms with Crippen molar-refractivity contribution < 1.29 is 29.0 Å². The van der Waals surface area contributed by atoms with Crippen LogP contribution < -0.4 is 16.0 Å². The minimum atomic E-state index is -1.02. The molecule has 0 saturated carbocycles. The third-order valence-electron chi connectivity index (χ3n) is 5.10. The van der Waals surface area contributed by atoms with Crippen LogP contribution in [0.25, 0.3) is 11.2 Å². The van der Waals surface area contributed by atoms with Crippen molar-refractivity contribution in [1.82, 2.24) is 25.3 Å². The van der Waals surface area contributed by atoms with Crippen molar-refractivity contribution in [1.29, 1.82) is 0 Å². The Morgan fingerprint density at radius 1 is 1.14 bits per heavy atom. The minimum absolute atomic E-state index is 0.0248. The van der Waals surface area contributed by atoms with Gasteiger partial charge in [-0.3, -0.25) is 9.59 Å². The number of benzene rings is 1. The third kappa shape index (κ3) is 6.99. The van der Waals surface area contributed by atoms with Gasteiger partial charge in [-0.25, -0.2) is 14.8 Å². The number of carbonyl (C=O) groups excluding carboxylic acids is 3. The normalized spacial score (nSPS) is 12.0. The molecule has 3 rings (SSSR count). The zero-order chi connectivity index (χ0) is 27.3. The van der Waals surface area contributed by atoms with Crippen LogP contribution in [0.2, 0.25) is 0 Å². The van der Waals surface area contributed by atoms with Gasteiger partial charge in [0, 0.05) is 24.7 Å². The summed E-state index contributed by atoms with van der Waals surface area (Å²) in [5.74, 6) is -1.78. The van der Waals surface area contributed by atoms with Crippen molar-refractivity contribution in [2.45, 2.75) is 45.3 Å². The number of nitrogens with one attached hydrogen (secondary N) is 1. The van der Waals surface area contributed by atoms with E-state index in [-0.39, 0.29) is 41.4 Å². The van der Waals surface area contributed by atoms with Gasteiger partial charge >= 0.3 is 11.9 Å². The lowest BCUT2D eigenvalue weighted by molar-refractivity contribution is -0.155. The summed E-state index contributed by atoms with van der Waals surface area (Å²) in [4.78, 5) is 54.8. The summed E-state index contributed by atoms with van der Waals surface area (Å²) >= 11 is 0. The van der Waals surface area contributed by atoms with Crippen LogP contribution in [-0.4, -0.2) is 68.7 Å². The van der Waals surface area contributed by atoms with E-state index in [0.29, 0.717) is 11.5 Å². The maximum Gasteiger partial charge on any atom is 0.328 e. The van der Waals surface area contributed by atoms with E-state index in [1.807, 2.05) is 0 Å². The van der Waals surface area contributed by atoms with Crippen molar-refractivity contribution in [3.05, 3.63) is 36.0 Å². The number of esters is 2. The molecule has 1 amide bonds. The molecule has 0 aliphatic carbocycles. The van der Waals surface area contributed by atoms with E-state index < -0.39 is 29.5 Å². The molecule has 0 unspecified atom stereocenters. The number of anilines is 3. The van der Waals surface area contributed by atoms with Crippen LogP contribution in [0.4, 0.5) is 17.5 Å². The highest BCUT2D eigenvalue weighted by Gasteiger charge is 2.25. The molecule has 37 heavy (non-hydrogen) atoms. The maximum absolute atomic E-state index is 12.8. The number of rotatable bonds is 8. The van der Waals surface area contributed by atoms with Gasteiger partial charge in [0.25, 0.3) is 5.91 Å². The average molecular weight is 512 g/mol. The second kappa shape index (κ2) is 11.0. The molecule has 2 heterocycles. The maximum atomic E-state index is 12.8. The van der Waals surface area contributed by atoms with Gasteiger partial charge in [-0.05, 0) is 51.5 Å². The van der Waals surface area contributed by atoms with E-state index in [1.54, 1.807) is 57.0 Å². The zero-order valence-corrected chi connectivity index (χ0v) is 21.2. The van der Waals surface area contributed by atoms with E-state index in [0.717, 1.165) is 0 Å². The number of nitrogens with zero attached hydrogens (tertiary/aromatic N) is 5. The van der Waals surface area contributed by atoms with E-state index in [2.05, 4.69) is 25.3 Å². The second-order valence-electron chi connectivity index (χ2n) is 9.09. The molecule has 2 aromatic heterocycles. The predicted octanol–water partition coefficient (Wildman–Crippen LogP) is 1.87. The van der Waals surface area contributed by atoms with Gasteiger partial charge in [-0.2, -0.15) is 9.97 Å². The number of fused-ring (bicyclic) bond motifs is 1. The fourth-order valence-corrected chi connectivity index (χ4v) is 3.32. The highest BCUT2D eigenvalue weighted by molar-refractivity contribution is 5.97. The van der Waals surface area contributed by atoms with Gasteiger partial charge in [-0.15, -0.1) is 0 Å². The topological polar surface area (TPSA) is 183 Å². The third-order valence-corrected chi connectivity index (χ3v) is 5.10. The Balaban J connectivity index is 1.70. The molecule has 0 spiro atoms. The van der Waals surface area contributed by atoms with E-state index in [1.165, 1.54) is 13.3 Å². The first-order valence-corrected chi connectivity index (χ1v) is 11.3. The number of amides is 1. The Kier molecular flexibility index (Phi) is 8.05. The first-order chi connectivity index (χ1) is 17.4. The zero-order valence-electron chi connectivity index (χ0n) is 21.2. The molecule has 1 aromatic carbocycles. The van der Waals surface area contributed by atoms with Crippen LogP contribution in [0.1, 0.15) is 44.0 Å². The lowest BCUT2D eigenvalue weighted by Gasteiger charge is -2.21. The van der Waals surface area contributed by atoms with E-state index in [4.69, 9.17) is 15.2 Å². The SMILES string of the molecule is COC(=O)[C@H](CCC(=O)OC(C)(C)C)NC(=O)c1ccc(N(C)c2cnc3nc(N)nc(O)c3n2)cc1. The van der Waals surface area contributed by atoms with Crippen LogP contribution in [0.3, 0.4) is 0 Å². The van der Waals surface area contributed by atoms with Crippen LogP contribution >= 0.6 is 0 Å². The van der Waals surface area contributed by atoms with Gasteiger partial charge in [0.2, 0.25) is 11.8 Å². The monoisotopic (exact) mass is 511 g/mol. The molecule has 0 fully saturated rings. The number of hydrogen-bond donors (Lipinski definition) is 3. The summed E-state index contributed by atoms with van der Waals surface area (Å²) in [6, 6.07) is 5.46. The summed E-state index contributed by atoms with van der Waals surface area (Å²) < 4.78 is 10.0. The van der Waals surface area contributed by atoms with Crippen molar-refractivity contribution in [3.8, 4) is 5.88 Å².